The van der Waals surface area contributed by atoms with Crippen molar-refractivity contribution in [3.8, 4) is 11.1 Å². The maximum atomic E-state index is 13.9. The van der Waals surface area contributed by atoms with E-state index in [4.69, 9.17) is 22.4 Å². The molecule has 9 nitrogen and oxygen atoms in total. The van der Waals surface area contributed by atoms with Crippen LogP contribution in [0.1, 0.15) is 70.0 Å². The number of primary amides is 1. The van der Waals surface area contributed by atoms with Crippen molar-refractivity contribution >= 4 is 29.5 Å². The maximum Gasteiger partial charge on any atom is 0.404 e. The zero-order valence-corrected chi connectivity index (χ0v) is 26.0. The average Bonchev–Trinajstić information content (AvgIpc) is 3.02. The summed E-state index contributed by atoms with van der Waals surface area (Å²) in [4.78, 5) is 39.1. The zero-order chi connectivity index (χ0) is 31.9. The van der Waals surface area contributed by atoms with Crippen LogP contribution in [0.5, 0.6) is 0 Å². The number of nitrogens with zero attached hydrogens (tertiary/aromatic N) is 1. The number of halogens is 1. The fraction of sp³-hybridized carbons (Fsp3) is 0.382. The standard InChI is InChI=1S/C34H41ClN4O5/c1-3-22-8-4-9-24(18-22)30-28(11-5-12-29(30)35)34(44,15-7-16-38-33(42)43)25-10-6-17-39(21-25)32(41)26-14-13-23(20-37-2)19-27(26)31(36)40/h4-5,8-9,11-14,18-19,25,37-38,44H,3,6-7,10,15-17,20-21H2,1-2H3,(H2,36,40)(H,42,43)/t25-,34+/m1/s1. The van der Waals surface area contributed by atoms with Gasteiger partial charge >= 0.3 is 6.09 Å². The molecule has 3 aromatic carbocycles. The number of nitrogens with one attached hydrogen (secondary N) is 2. The van der Waals surface area contributed by atoms with E-state index in [1.165, 1.54) is 0 Å². The summed E-state index contributed by atoms with van der Waals surface area (Å²) in [6.45, 7) is 3.45. The van der Waals surface area contributed by atoms with E-state index in [-0.39, 0.29) is 36.5 Å². The molecule has 4 rings (SSSR count). The third kappa shape index (κ3) is 7.41. The molecular weight excluding hydrogens is 580 g/mol. The van der Waals surface area contributed by atoms with Crippen LogP contribution in [0.4, 0.5) is 4.79 Å². The number of carbonyl (C=O) groups is 3. The fourth-order valence-corrected chi connectivity index (χ4v) is 6.54. The van der Waals surface area contributed by atoms with Gasteiger partial charge in [0.25, 0.3) is 5.91 Å². The predicted octanol–water partition coefficient (Wildman–Crippen LogP) is 5.18. The number of hydrogen-bond acceptors (Lipinski definition) is 5. The van der Waals surface area contributed by atoms with Gasteiger partial charge in [-0.2, -0.15) is 0 Å². The van der Waals surface area contributed by atoms with E-state index in [0.29, 0.717) is 42.9 Å². The summed E-state index contributed by atoms with van der Waals surface area (Å²) in [5, 5.41) is 27.8. The molecule has 10 heteroatoms. The SMILES string of the molecule is CCc1cccc(-c2c(Cl)cccc2[C@](O)(CCCNC(=O)O)[C@@H]2CCCN(C(=O)c3ccc(CNC)cc3C(N)=O)C2)c1. The second kappa shape index (κ2) is 14.7. The van der Waals surface area contributed by atoms with Gasteiger partial charge in [-0.25, -0.2) is 4.79 Å². The molecule has 1 aliphatic heterocycles. The molecule has 0 radical (unpaired) electrons. The molecule has 1 saturated heterocycles. The minimum absolute atomic E-state index is 0.160. The highest BCUT2D eigenvalue weighted by molar-refractivity contribution is 6.33. The van der Waals surface area contributed by atoms with Gasteiger partial charge in [0.15, 0.2) is 0 Å². The Morgan fingerprint density at radius 1 is 1.07 bits per heavy atom. The van der Waals surface area contributed by atoms with Crippen LogP contribution in [-0.4, -0.2) is 59.7 Å². The third-order valence-corrected chi connectivity index (χ3v) is 8.77. The van der Waals surface area contributed by atoms with Gasteiger partial charge in [0, 0.05) is 42.7 Å². The lowest BCUT2D eigenvalue weighted by Gasteiger charge is -2.44. The van der Waals surface area contributed by atoms with Gasteiger partial charge in [-0.05, 0) is 79.6 Å². The second-order valence-corrected chi connectivity index (χ2v) is 11.7. The lowest BCUT2D eigenvalue weighted by atomic mass is 9.72. The Labute approximate surface area is 263 Å². The normalized spacial score (nSPS) is 16.3. The molecule has 0 spiro atoms. The van der Waals surface area contributed by atoms with Gasteiger partial charge in [0.05, 0.1) is 16.7 Å². The number of rotatable bonds is 12. The molecule has 44 heavy (non-hydrogen) atoms. The summed E-state index contributed by atoms with van der Waals surface area (Å²) in [6.07, 6.45) is 1.59. The number of carboxylic acid groups (broad SMARTS) is 1. The summed E-state index contributed by atoms with van der Waals surface area (Å²) < 4.78 is 0. The number of piperidine rings is 1. The van der Waals surface area contributed by atoms with E-state index >= 15 is 0 Å². The van der Waals surface area contributed by atoms with Crippen molar-refractivity contribution in [1.29, 1.82) is 0 Å². The minimum atomic E-state index is -1.44. The molecule has 1 aliphatic rings. The Hall–Kier alpha value is -3.92. The zero-order valence-electron chi connectivity index (χ0n) is 25.2. The van der Waals surface area contributed by atoms with E-state index in [2.05, 4.69) is 23.6 Å². The van der Waals surface area contributed by atoms with Gasteiger partial charge in [-0.3, -0.25) is 9.59 Å². The van der Waals surface area contributed by atoms with Crippen molar-refractivity contribution in [1.82, 2.24) is 15.5 Å². The molecule has 0 unspecified atom stereocenters. The van der Waals surface area contributed by atoms with Crippen LogP contribution in [0.15, 0.2) is 60.7 Å². The smallest absolute Gasteiger partial charge is 0.404 e. The molecule has 0 aliphatic carbocycles. The summed E-state index contributed by atoms with van der Waals surface area (Å²) in [6, 6.07) is 18.6. The van der Waals surface area contributed by atoms with Gasteiger partial charge in [0.1, 0.15) is 0 Å². The molecule has 0 bridgehead atoms. The highest BCUT2D eigenvalue weighted by Crippen LogP contribution is 2.46. The van der Waals surface area contributed by atoms with Crippen LogP contribution in [0.25, 0.3) is 11.1 Å². The van der Waals surface area contributed by atoms with Gasteiger partial charge in [-0.15, -0.1) is 0 Å². The first-order valence-electron chi connectivity index (χ1n) is 15.0. The first-order chi connectivity index (χ1) is 21.1. The summed E-state index contributed by atoms with van der Waals surface area (Å²) in [5.41, 5.74) is 8.83. The number of benzene rings is 3. The lowest BCUT2D eigenvalue weighted by Crippen LogP contribution is -2.48. The van der Waals surface area contributed by atoms with Crippen LogP contribution < -0.4 is 16.4 Å². The van der Waals surface area contributed by atoms with E-state index in [0.717, 1.165) is 28.7 Å². The largest absolute Gasteiger partial charge is 0.465 e. The maximum absolute atomic E-state index is 13.9. The summed E-state index contributed by atoms with van der Waals surface area (Å²) in [5.74, 6) is -1.39. The Morgan fingerprint density at radius 2 is 1.84 bits per heavy atom. The molecule has 0 aromatic heterocycles. The van der Waals surface area contributed by atoms with Crippen LogP contribution in [0.3, 0.4) is 0 Å². The van der Waals surface area contributed by atoms with E-state index < -0.39 is 23.5 Å². The van der Waals surface area contributed by atoms with E-state index in [9.17, 15) is 19.5 Å². The number of likely N-dealkylation sites (tertiary alicyclic amines) is 1. The second-order valence-electron chi connectivity index (χ2n) is 11.3. The number of aryl methyl sites for hydroxylation is 1. The number of aliphatic hydroxyl groups is 1. The highest BCUT2D eigenvalue weighted by atomic mass is 35.5. The van der Waals surface area contributed by atoms with Crippen molar-refractivity contribution in [3.05, 3.63) is 93.5 Å². The first-order valence-corrected chi connectivity index (χ1v) is 15.4. The van der Waals surface area contributed by atoms with Gasteiger partial charge in [-0.1, -0.05) is 61.0 Å². The number of amides is 3. The van der Waals surface area contributed by atoms with E-state index in [1.54, 1.807) is 36.2 Å². The minimum Gasteiger partial charge on any atom is -0.465 e. The van der Waals surface area contributed by atoms with Crippen LogP contribution >= 0.6 is 11.6 Å². The van der Waals surface area contributed by atoms with Gasteiger partial charge < -0.3 is 31.5 Å². The van der Waals surface area contributed by atoms with Crippen molar-refractivity contribution in [3.63, 3.8) is 0 Å². The van der Waals surface area contributed by atoms with Crippen LogP contribution in [0.2, 0.25) is 5.02 Å². The number of hydrogen-bond donors (Lipinski definition) is 5. The lowest BCUT2D eigenvalue weighted by molar-refractivity contribution is -0.0563. The Bertz CT molecular complexity index is 1510. The fourth-order valence-electron chi connectivity index (χ4n) is 6.25. The summed E-state index contributed by atoms with van der Waals surface area (Å²) >= 11 is 6.83. The average molecular weight is 621 g/mol. The van der Waals surface area contributed by atoms with Crippen molar-refractivity contribution in [2.24, 2.45) is 11.7 Å². The third-order valence-electron chi connectivity index (χ3n) is 8.46. The molecule has 2 atom stereocenters. The monoisotopic (exact) mass is 620 g/mol. The molecule has 1 fully saturated rings. The van der Waals surface area contributed by atoms with Crippen LogP contribution in [0, 0.1) is 5.92 Å². The Balaban J connectivity index is 1.74. The Kier molecular flexibility index (Phi) is 11.0. The van der Waals surface area contributed by atoms with Gasteiger partial charge in [0.2, 0.25) is 5.91 Å². The first kappa shape index (κ1) is 33.0. The van der Waals surface area contributed by atoms with Crippen molar-refractivity contribution < 1.29 is 24.6 Å². The highest BCUT2D eigenvalue weighted by Gasteiger charge is 2.43. The number of carbonyl (C=O) groups excluding carboxylic acids is 2. The topological polar surface area (TPSA) is 145 Å². The molecule has 0 saturated carbocycles. The molecule has 1 heterocycles. The van der Waals surface area contributed by atoms with Crippen LogP contribution in [-0.2, 0) is 18.6 Å². The number of nitrogens with two attached hydrogens (primary N) is 1. The Morgan fingerprint density at radius 3 is 2.55 bits per heavy atom. The predicted molar refractivity (Wildman–Crippen MR) is 172 cm³/mol. The van der Waals surface area contributed by atoms with E-state index in [1.807, 2.05) is 30.3 Å². The van der Waals surface area contributed by atoms with Crippen molar-refractivity contribution in [2.45, 2.75) is 51.2 Å². The summed E-state index contributed by atoms with van der Waals surface area (Å²) in [7, 11) is 1.79. The van der Waals surface area contributed by atoms with Crippen molar-refractivity contribution in [2.75, 3.05) is 26.7 Å². The quantitative estimate of drug-likeness (QED) is 0.177. The molecule has 3 amide bonds. The molecule has 3 aromatic rings. The molecule has 6 N–H and O–H groups in total. The molecular formula is C34H41ClN4O5. The molecule has 234 valence electrons.